The molecule has 0 spiro atoms. The second-order valence-corrected chi connectivity index (χ2v) is 5.51. The van der Waals surface area contributed by atoms with Gasteiger partial charge >= 0.3 is 0 Å². The number of rotatable bonds is 3. The molecule has 1 aromatic rings. The van der Waals surface area contributed by atoms with Gasteiger partial charge in [0.25, 0.3) is 0 Å². The smallest absolute Gasteiger partial charge is 0.227 e. The average Bonchev–Trinajstić information content (AvgIpc) is 2.34. The maximum atomic E-state index is 11.6. The number of fused-ring (bicyclic) bond motifs is 1. The maximum absolute atomic E-state index is 11.6. The molecule has 1 aromatic carbocycles. The standard InChI is InChI=1S/C14H21N3O/c1-14(2,9-15)16-11-5-6-12-10(8-11)4-7-13(18)17(12)3/h5-6,8,16H,4,7,9,15H2,1-3H3. The van der Waals surface area contributed by atoms with Crippen LogP contribution in [0.3, 0.4) is 0 Å². The van der Waals surface area contributed by atoms with Crippen molar-refractivity contribution in [3.63, 3.8) is 0 Å². The van der Waals surface area contributed by atoms with Crippen LogP contribution in [0.25, 0.3) is 0 Å². The first-order valence-electron chi connectivity index (χ1n) is 6.31. The van der Waals surface area contributed by atoms with E-state index in [4.69, 9.17) is 5.73 Å². The number of carbonyl (C=O) groups excluding carboxylic acids is 1. The van der Waals surface area contributed by atoms with E-state index in [9.17, 15) is 4.79 Å². The van der Waals surface area contributed by atoms with E-state index in [0.29, 0.717) is 13.0 Å². The number of carbonyl (C=O) groups is 1. The lowest BCUT2D eigenvalue weighted by Gasteiger charge is -2.29. The Morgan fingerprint density at radius 1 is 1.39 bits per heavy atom. The molecule has 1 aliphatic rings. The number of amides is 1. The molecule has 98 valence electrons. The highest BCUT2D eigenvalue weighted by Gasteiger charge is 2.22. The van der Waals surface area contributed by atoms with Crippen LogP contribution in [0, 0.1) is 0 Å². The molecule has 0 fully saturated rings. The predicted octanol–water partition coefficient (Wildman–Crippen LogP) is 1.74. The van der Waals surface area contributed by atoms with E-state index >= 15 is 0 Å². The summed E-state index contributed by atoms with van der Waals surface area (Å²) in [5.41, 5.74) is 8.89. The van der Waals surface area contributed by atoms with Crippen molar-refractivity contribution in [1.82, 2.24) is 0 Å². The van der Waals surface area contributed by atoms with Crippen LogP contribution in [0.4, 0.5) is 11.4 Å². The summed E-state index contributed by atoms with van der Waals surface area (Å²) in [6.45, 7) is 4.71. The van der Waals surface area contributed by atoms with Crippen molar-refractivity contribution in [2.75, 3.05) is 23.8 Å². The average molecular weight is 247 g/mol. The van der Waals surface area contributed by atoms with Gasteiger partial charge in [0.15, 0.2) is 0 Å². The Bertz CT molecular complexity index is 468. The van der Waals surface area contributed by atoms with E-state index in [-0.39, 0.29) is 11.4 Å². The lowest BCUT2D eigenvalue weighted by atomic mass is 9.99. The monoisotopic (exact) mass is 247 g/mol. The van der Waals surface area contributed by atoms with Crippen molar-refractivity contribution in [3.05, 3.63) is 23.8 Å². The Balaban J connectivity index is 2.26. The summed E-state index contributed by atoms with van der Waals surface area (Å²) >= 11 is 0. The minimum atomic E-state index is -0.120. The fourth-order valence-electron chi connectivity index (χ4n) is 2.18. The molecule has 1 amide bonds. The van der Waals surface area contributed by atoms with Crippen LogP contribution in [-0.4, -0.2) is 25.0 Å². The first kappa shape index (κ1) is 12.9. The summed E-state index contributed by atoms with van der Waals surface area (Å²) in [5.74, 6) is 0.186. The minimum absolute atomic E-state index is 0.120. The van der Waals surface area contributed by atoms with Gasteiger partial charge in [-0.3, -0.25) is 4.79 Å². The fourth-order valence-corrected chi connectivity index (χ4v) is 2.18. The molecule has 3 N–H and O–H groups in total. The lowest BCUT2D eigenvalue weighted by Crippen LogP contribution is -2.39. The minimum Gasteiger partial charge on any atom is -0.379 e. The number of nitrogens with one attached hydrogen (secondary N) is 1. The zero-order valence-electron chi connectivity index (χ0n) is 11.3. The van der Waals surface area contributed by atoms with Gasteiger partial charge in [-0.1, -0.05) is 0 Å². The fraction of sp³-hybridized carbons (Fsp3) is 0.500. The van der Waals surface area contributed by atoms with Gasteiger partial charge in [0, 0.05) is 36.9 Å². The van der Waals surface area contributed by atoms with Crippen LogP contribution < -0.4 is 16.0 Å². The topological polar surface area (TPSA) is 58.4 Å². The van der Waals surface area contributed by atoms with Crippen LogP contribution in [-0.2, 0) is 11.2 Å². The summed E-state index contributed by atoms with van der Waals surface area (Å²) in [4.78, 5) is 13.3. The zero-order valence-corrected chi connectivity index (χ0v) is 11.3. The van der Waals surface area contributed by atoms with Gasteiger partial charge in [-0.15, -0.1) is 0 Å². The van der Waals surface area contributed by atoms with Gasteiger partial charge in [0.2, 0.25) is 5.91 Å². The van der Waals surface area contributed by atoms with E-state index in [2.05, 4.69) is 25.2 Å². The van der Waals surface area contributed by atoms with E-state index < -0.39 is 0 Å². The Hall–Kier alpha value is -1.55. The molecule has 18 heavy (non-hydrogen) atoms. The van der Waals surface area contributed by atoms with Crippen LogP contribution in [0.2, 0.25) is 0 Å². The highest BCUT2D eigenvalue weighted by molar-refractivity contribution is 5.96. The third-order valence-corrected chi connectivity index (χ3v) is 3.42. The van der Waals surface area contributed by atoms with Crippen molar-refractivity contribution >= 4 is 17.3 Å². The highest BCUT2D eigenvalue weighted by atomic mass is 16.2. The van der Waals surface area contributed by atoms with E-state index in [1.54, 1.807) is 4.90 Å². The molecule has 0 bridgehead atoms. The van der Waals surface area contributed by atoms with Crippen molar-refractivity contribution in [3.8, 4) is 0 Å². The van der Waals surface area contributed by atoms with Crippen molar-refractivity contribution in [2.24, 2.45) is 5.73 Å². The van der Waals surface area contributed by atoms with Crippen LogP contribution in [0.15, 0.2) is 18.2 Å². The predicted molar refractivity (Wildman–Crippen MR) is 74.9 cm³/mol. The van der Waals surface area contributed by atoms with Gasteiger partial charge in [-0.05, 0) is 44.0 Å². The van der Waals surface area contributed by atoms with Crippen LogP contribution in [0.5, 0.6) is 0 Å². The number of hydrogen-bond acceptors (Lipinski definition) is 3. The third-order valence-electron chi connectivity index (χ3n) is 3.42. The zero-order chi connectivity index (χ0) is 13.3. The summed E-state index contributed by atoms with van der Waals surface area (Å²) in [6.07, 6.45) is 1.41. The Kier molecular flexibility index (Phi) is 3.30. The summed E-state index contributed by atoms with van der Waals surface area (Å²) in [6, 6.07) is 6.13. The summed E-state index contributed by atoms with van der Waals surface area (Å²) in [7, 11) is 1.83. The van der Waals surface area contributed by atoms with Gasteiger partial charge in [0.05, 0.1) is 0 Å². The molecule has 0 unspecified atom stereocenters. The first-order valence-corrected chi connectivity index (χ1v) is 6.31. The van der Waals surface area contributed by atoms with Gasteiger partial charge < -0.3 is 16.0 Å². The number of hydrogen-bond donors (Lipinski definition) is 2. The lowest BCUT2D eigenvalue weighted by molar-refractivity contribution is -0.118. The quantitative estimate of drug-likeness (QED) is 0.855. The van der Waals surface area contributed by atoms with E-state index in [1.807, 2.05) is 19.2 Å². The SMILES string of the molecule is CN1C(=O)CCc2cc(NC(C)(C)CN)ccc21. The second kappa shape index (κ2) is 4.61. The Morgan fingerprint density at radius 3 is 2.78 bits per heavy atom. The number of nitrogens with zero attached hydrogens (tertiary/aromatic N) is 1. The molecule has 0 aliphatic carbocycles. The summed E-state index contributed by atoms with van der Waals surface area (Å²) < 4.78 is 0. The molecular formula is C14H21N3O. The Morgan fingerprint density at radius 2 is 2.11 bits per heavy atom. The van der Waals surface area contributed by atoms with Crippen LogP contribution in [0.1, 0.15) is 25.8 Å². The second-order valence-electron chi connectivity index (χ2n) is 5.51. The van der Waals surface area contributed by atoms with Crippen LogP contribution >= 0.6 is 0 Å². The van der Waals surface area contributed by atoms with Gasteiger partial charge in [-0.25, -0.2) is 0 Å². The molecule has 2 rings (SSSR count). The molecule has 4 heteroatoms. The van der Waals surface area contributed by atoms with Crippen molar-refractivity contribution in [2.45, 2.75) is 32.2 Å². The maximum Gasteiger partial charge on any atom is 0.227 e. The molecule has 0 saturated carbocycles. The van der Waals surface area contributed by atoms with E-state index in [0.717, 1.165) is 17.8 Å². The van der Waals surface area contributed by atoms with E-state index in [1.165, 1.54) is 5.56 Å². The Labute approximate surface area is 108 Å². The molecule has 0 atom stereocenters. The largest absolute Gasteiger partial charge is 0.379 e. The summed E-state index contributed by atoms with van der Waals surface area (Å²) in [5, 5.41) is 3.42. The van der Waals surface area contributed by atoms with Crippen molar-refractivity contribution in [1.29, 1.82) is 0 Å². The third kappa shape index (κ3) is 2.48. The number of aryl methyl sites for hydroxylation is 1. The molecule has 0 aromatic heterocycles. The van der Waals surface area contributed by atoms with Crippen molar-refractivity contribution < 1.29 is 4.79 Å². The molecule has 1 aliphatic heterocycles. The highest BCUT2D eigenvalue weighted by Crippen LogP contribution is 2.30. The number of nitrogens with two attached hydrogens (primary N) is 1. The first-order chi connectivity index (χ1) is 8.43. The molecular weight excluding hydrogens is 226 g/mol. The molecule has 0 saturated heterocycles. The molecule has 0 radical (unpaired) electrons. The number of anilines is 2. The van der Waals surface area contributed by atoms with Gasteiger partial charge in [-0.2, -0.15) is 0 Å². The number of benzene rings is 1. The molecule has 1 heterocycles. The normalized spacial score (nSPS) is 15.6. The van der Waals surface area contributed by atoms with Gasteiger partial charge in [0.1, 0.15) is 0 Å². The molecule has 4 nitrogen and oxygen atoms in total.